The van der Waals surface area contributed by atoms with Crippen molar-refractivity contribution in [2.24, 2.45) is 0 Å². The van der Waals surface area contributed by atoms with Crippen molar-refractivity contribution in [1.29, 1.82) is 0 Å². The van der Waals surface area contributed by atoms with E-state index in [9.17, 15) is 0 Å². The molecule has 0 aliphatic carbocycles. The Hall–Kier alpha value is -1.79. The van der Waals surface area contributed by atoms with Crippen LogP contribution >= 0.6 is 11.3 Å². The number of anilines is 1. The summed E-state index contributed by atoms with van der Waals surface area (Å²) in [6, 6.07) is 7.07. The number of nitrogens with one attached hydrogen (secondary N) is 1. The summed E-state index contributed by atoms with van der Waals surface area (Å²) in [5.41, 5.74) is 1.23. The number of piperidine rings is 1. The maximum Gasteiger partial charge on any atom is 0.185 e. The van der Waals surface area contributed by atoms with E-state index >= 15 is 0 Å². The molecular formula is C18H23N3O2S. The van der Waals surface area contributed by atoms with Crippen molar-refractivity contribution >= 4 is 16.5 Å². The molecule has 1 aromatic heterocycles. The van der Waals surface area contributed by atoms with Crippen molar-refractivity contribution in [3.8, 4) is 11.5 Å². The van der Waals surface area contributed by atoms with Crippen molar-refractivity contribution in [2.45, 2.75) is 31.3 Å². The maximum atomic E-state index is 5.97. The smallest absolute Gasteiger partial charge is 0.185 e. The van der Waals surface area contributed by atoms with E-state index in [0.717, 1.165) is 49.0 Å². The van der Waals surface area contributed by atoms with Crippen LogP contribution in [0.25, 0.3) is 0 Å². The van der Waals surface area contributed by atoms with Crippen LogP contribution in [0.1, 0.15) is 18.4 Å². The summed E-state index contributed by atoms with van der Waals surface area (Å²) in [4.78, 5) is 6.80. The molecule has 0 radical (unpaired) electrons. The highest BCUT2D eigenvalue weighted by Gasteiger charge is 2.27. The van der Waals surface area contributed by atoms with Crippen LogP contribution in [0, 0.1) is 0 Å². The number of methoxy groups -OCH3 is 1. The van der Waals surface area contributed by atoms with Gasteiger partial charge in [-0.3, -0.25) is 0 Å². The van der Waals surface area contributed by atoms with Gasteiger partial charge < -0.3 is 19.7 Å². The standard InChI is InChI=1S/C18H23N3O2S/c1-22-16-4-2-3-13-11-15(12-23-17(13)16)20-14-5-8-21(9-6-14)18-19-7-10-24-18/h2-4,7,10,14-15,20H,5-6,8-9,11-12H2,1H3. The Morgan fingerprint density at radius 3 is 2.92 bits per heavy atom. The Labute approximate surface area is 146 Å². The molecule has 1 fully saturated rings. The molecule has 1 N–H and O–H groups in total. The van der Waals surface area contributed by atoms with E-state index in [2.05, 4.69) is 21.3 Å². The summed E-state index contributed by atoms with van der Waals surface area (Å²) in [7, 11) is 1.69. The van der Waals surface area contributed by atoms with Gasteiger partial charge >= 0.3 is 0 Å². The monoisotopic (exact) mass is 345 g/mol. The van der Waals surface area contributed by atoms with Crippen LogP contribution < -0.4 is 19.7 Å². The van der Waals surface area contributed by atoms with Gasteiger partial charge in [0.1, 0.15) is 6.61 Å². The topological polar surface area (TPSA) is 46.6 Å². The van der Waals surface area contributed by atoms with Gasteiger partial charge in [-0.15, -0.1) is 11.3 Å². The summed E-state index contributed by atoms with van der Waals surface area (Å²) in [6.45, 7) is 2.85. The molecule has 128 valence electrons. The zero-order valence-electron chi connectivity index (χ0n) is 13.9. The molecule has 0 spiro atoms. The van der Waals surface area contributed by atoms with E-state index in [1.807, 2.05) is 23.7 Å². The highest BCUT2D eigenvalue weighted by atomic mass is 32.1. The first-order valence-electron chi connectivity index (χ1n) is 8.52. The van der Waals surface area contributed by atoms with Crippen LogP contribution in [0.5, 0.6) is 11.5 Å². The molecule has 2 aliphatic rings. The minimum Gasteiger partial charge on any atom is -0.493 e. The zero-order chi connectivity index (χ0) is 16.4. The summed E-state index contributed by atoms with van der Waals surface area (Å²) < 4.78 is 11.4. The van der Waals surface area contributed by atoms with E-state index in [-0.39, 0.29) is 0 Å². The van der Waals surface area contributed by atoms with Crippen molar-refractivity contribution in [1.82, 2.24) is 10.3 Å². The molecule has 0 amide bonds. The van der Waals surface area contributed by atoms with Gasteiger partial charge in [-0.05, 0) is 30.9 Å². The molecule has 3 heterocycles. The predicted molar refractivity (Wildman–Crippen MR) is 96.5 cm³/mol. The van der Waals surface area contributed by atoms with Gasteiger partial charge in [0.2, 0.25) is 0 Å². The Bertz CT molecular complexity index is 669. The van der Waals surface area contributed by atoms with Gasteiger partial charge in [0.15, 0.2) is 16.6 Å². The summed E-state index contributed by atoms with van der Waals surface area (Å²) in [5.74, 6) is 1.75. The molecule has 4 rings (SSSR count). The third-order valence-corrected chi connectivity index (χ3v) is 5.66. The second-order valence-corrected chi connectivity index (χ2v) is 7.28. The number of nitrogens with zero attached hydrogens (tertiary/aromatic N) is 2. The highest BCUT2D eigenvalue weighted by molar-refractivity contribution is 7.13. The first kappa shape index (κ1) is 15.7. The average molecular weight is 345 g/mol. The number of rotatable bonds is 4. The maximum absolute atomic E-state index is 5.97. The van der Waals surface area contributed by atoms with E-state index in [4.69, 9.17) is 9.47 Å². The normalized spacial score (nSPS) is 21.2. The van der Waals surface area contributed by atoms with E-state index in [1.54, 1.807) is 18.4 Å². The quantitative estimate of drug-likeness (QED) is 0.923. The molecule has 24 heavy (non-hydrogen) atoms. The van der Waals surface area contributed by atoms with Gasteiger partial charge in [-0.1, -0.05) is 12.1 Å². The lowest BCUT2D eigenvalue weighted by atomic mass is 9.99. The number of para-hydroxylation sites is 1. The third kappa shape index (κ3) is 3.21. The molecule has 0 saturated carbocycles. The van der Waals surface area contributed by atoms with Crippen LogP contribution in [0.15, 0.2) is 29.8 Å². The molecule has 6 heteroatoms. The predicted octanol–water partition coefficient (Wildman–Crippen LogP) is 2.71. The second-order valence-electron chi connectivity index (χ2n) is 6.40. The molecule has 1 atom stereocenters. The number of ether oxygens (including phenoxy) is 2. The van der Waals surface area contributed by atoms with Gasteiger partial charge in [0.25, 0.3) is 0 Å². The first-order valence-corrected chi connectivity index (χ1v) is 9.40. The Morgan fingerprint density at radius 2 is 2.17 bits per heavy atom. The van der Waals surface area contributed by atoms with Crippen molar-refractivity contribution < 1.29 is 9.47 Å². The largest absolute Gasteiger partial charge is 0.493 e. The van der Waals surface area contributed by atoms with Crippen LogP contribution in [0.2, 0.25) is 0 Å². The third-order valence-electron chi connectivity index (χ3n) is 4.83. The Kier molecular flexibility index (Phi) is 4.58. The van der Waals surface area contributed by atoms with Crippen molar-refractivity contribution in [2.75, 3.05) is 31.7 Å². The number of aromatic nitrogens is 1. The lowest BCUT2D eigenvalue weighted by Crippen LogP contribution is -2.49. The van der Waals surface area contributed by atoms with Crippen molar-refractivity contribution in [3.63, 3.8) is 0 Å². The fraction of sp³-hybridized carbons (Fsp3) is 0.500. The van der Waals surface area contributed by atoms with Crippen LogP contribution in [0.3, 0.4) is 0 Å². The highest BCUT2D eigenvalue weighted by Crippen LogP contribution is 2.34. The minimum absolute atomic E-state index is 0.376. The fourth-order valence-electron chi connectivity index (χ4n) is 3.60. The van der Waals surface area contributed by atoms with Gasteiger partial charge in [0.05, 0.1) is 7.11 Å². The number of benzene rings is 1. The second kappa shape index (κ2) is 6.99. The fourth-order valence-corrected chi connectivity index (χ4v) is 4.30. The lowest BCUT2D eigenvalue weighted by molar-refractivity contribution is 0.211. The van der Waals surface area contributed by atoms with Gasteiger partial charge in [-0.25, -0.2) is 4.98 Å². The molecule has 1 saturated heterocycles. The zero-order valence-corrected chi connectivity index (χ0v) is 14.7. The van der Waals surface area contributed by atoms with Crippen LogP contribution in [-0.4, -0.2) is 43.9 Å². The first-order chi connectivity index (χ1) is 11.8. The molecular weight excluding hydrogens is 322 g/mol. The number of hydrogen-bond donors (Lipinski definition) is 1. The summed E-state index contributed by atoms with van der Waals surface area (Å²) in [5, 5.41) is 6.99. The lowest BCUT2D eigenvalue weighted by Gasteiger charge is -2.36. The van der Waals surface area contributed by atoms with Gasteiger partial charge in [-0.2, -0.15) is 0 Å². The summed E-state index contributed by atoms with van der Waals surface area (Å²) >= 11 is 1.72. The van der Waals surface area contributed by atoms with E-state index in [0.29, 0.717) is 18.7 Å². The van der Waals surface area contributed by atoms with Crippen LogP contribution in [-0.2, 0) is 6.42 Å². The molecule has 0 bridgehead atoms. The Morgan fingerprint density at radius 1 is 1.29 bits per heavy atom. The molecule has 1 aromatic carbocycles. The number of fused-ring (bicyclic) bond motifs is 1. The van der Waals surface area contributed by atoms with E-state index < -0.39 is 0 Å². The molecule has 1 unspecified atom stereocenters. The van der Waals surface area contributed by atoms with Crippen molar-refractivity contribution in [3.05, 3.63) is 35.3 Å². The minimum atomic E-state index is 0.376. The van der Waals surface area contributed by atoms with Crippen LogP contribution in [0.4, 0.5) is 5.13 Å². The SMILES string of the molecule is COc1cccc2c1OCC(NC1CCN(c3nccs3)CC1)C2. The van der Waals surface area contributed by atoms with E-state index in [1.165, 1.54) is 5.56 Å². The molecule has 2 aliphatic heterocycles. The number of thiazole rings is 1. The van der Waals surface area contributed by atoms with Gasteiger partial charge in [0, 0.05) is 36.8 Å². The Balaban J connectivity index is 1.33. The average Bonchev–Trinajstić information content (AvgIpc) is 3.16. The summed E-state index contributed by atoms with van der Waals surface area (Å²) in [6.07, 6.45) is 5.19. The number of hydrogen-bond acceptors (Lipinski definition) is 6. The molecule has 2 aromatic rings. The molecule has 5 nitrogen and oxygen atoms in total.